The Morgan fingerprint density at radius 1 is 0.902 bits per heavy atom. The second-order valence-corrected chi connectivity index (χ2v) is 15.1. The minimum atomic E-state index is -1.33. The fourth-order valence-electron chi connectivity index (χ4n) is 7.88. The largest absolute Gasteiger partial charge is 0.490 e. The molecule has 0 aliphatic carbocycles. The van der Waals surface area contributed by atoms with Crippen LogP contribution in [0.25, 0.3) is 0 Å². The normalized spacial score (nSPS) is 27.9. The quantitative estimate of drug-likeness (QED) is 0.128. The summed E-state index contributed by atoms with van der Waals surface area (Å²) in [6.07, 6.45) is 6.87. The third-order valence-corrected chi connectivity index (χ3v) is 10.2. The number of ketones is 2. The number of carbonyl (C=O) groups excluding carboxylic acids is 5. The van der Waals surface area contributed by atoms with E-state index < -0.39 is 59.9 Å². The van der Waals surface area contributed by atoms with Crippen LogP contribution in [0, 0.1) is 0 Å². The van der Waals surface area contributed by atoms with Crippen molar-refractivity contribution in [3.63, 3.8) is 0 Å². The van der Waals surface area contributed by atoms with Gasteiger partial charge in [0.15, 0.2) is 17.6 Å². The van der Waals surface area contributed by atoms with Crippen LogP contribution in [-0.4, -0.2) is 141 Å². The highest BCUT2D eigenvalue weighted by atomic mass is 16.5. The van der Waals surface area contributed by atoms with E-state index in [1.54, 1.807) is 26.8 Å². The highest BCUT2D eigenvalue weighted by molar-refractivity contribution is 6.03. The molecule has 0 radical (unpaired) electrons. The third kappa shape index (κ3) is 8.12. The molecular formula is C35H52N8O8. The van der Waals surface area contributed by atoms with E-state index in [0.29, 0.717) is 64.1 Å². The molecule has 16 nitrogen and oxygen atoms in total. The zero-order valence-electron chi connectivity index (χ0n) is 29.9. The number of likely N-dealkylation sites (tertiary alicyclic amines) is 2. The first-order valence-corrected chi connectivity index (χ1v) is 17.8. The smallest absolute Gasteiger partial charge is 0.305 e. The van der Waals surface area contributed by atoms with Crippen molar-refractivity contribution >= 4 is 35.3 Å². The summed E-state index contributed by atoms with van der Waals surface area (Å²) in [5.41, 5.74) is 18.4. The molecule has 8 N–H and O–H groups in total. The van der Waals surface area contributed by atoms with Crippen LogP contribution in [-0.2, 0) is 33.5 Å². The first-order chi connectivity index (χ1) is 24.0. The van der Waals surface area contributed by atoms with Gasteiger partial charge in [0.25, 0.3) is 5.91 Å². The predicted octanol–water partition coefficient (Wildman–Crippen LogP) is -1.06. The average Bonchev–Trinajstić information content (AvgIpc) is 3.87. The van der Waals surface area contributed by atoms with E-state index in [1.165, 1.54) is 17.1 Å². The van der Waals surface area contributed by atoms with E-state index in [0.717, 1.165) is 12.1 Å². The monoisotopic (exact) mass is 712 g/mol. The highest BCUT2D eigenvalue weighted by Crippen LogP contribution is 2.36. The Hall–Kier alpha value is -4.28. The van der Waals surface area contributed by atoms with Crippen molar-refractivity contribution in [1.82, 2.24) is 24.9 Å². The number of carboxylic acids is 1. The molecule has 2 saturated heterocycles. The predicted molar refractivity (Wildman–Crippen MR) is 185 cm³/mol. The molecule has 5 aliphatic rings. The van der Waals surface area contributed by atoms with Crippen molar-refractivity contribution in [2.45, 2.75) is 114 Å². The number of Topliss-reactive ketones (excluding diaryl/α,β-unsaturated/α-hetero) is 2. The van der Waals surface area contributed by atoms with Crippen molar-refractivity contribution in [3.8, 4) is 0 Å². The van der Waals surface area contributed by atoms with Crippen molar-refractivity contribution in [1.29, 1.82) is 0 Å². The van der Waals surface area contributed by atoms with Gasteiger partial charge in [0.05, 0.1) is 36.6 Å². The van der Waals surface area contributed by atoms with Crippen LogP contribution in [0.3, 0.4) is 0 Å². The molecule has 0 aromatic rings. The third-order valence-electron chi connectivity index (χ3n) is 10.2. The van der Waals surface area contributed by atoms with Crippen LogP contribution in [0.4, 0.5) is 0 Å². The lowest BCUT2D eigenvalue weighted by atomic mass is 9.99. The molecule has 0 bridgehead atoms. The molecule has 3 amide bonds. The van der Waals surface area contributed by atoms with E-state index >= 15 is 0 Å². The number of ether oxygens (including phenoxy) is 1. The summed E-state index contributed by atoms with van der Waals surface area (Å²) in [5.74, 6) is -2.85. The number of rotatable bonds is 15. The van der Waals surface area contributed by atoms with Crippen LogP contribution < -0.4 is 22.5 Å². The van der Waals surface area contributed by atoms with Gasteiger partial charge in [-0.15, -0.1) is 0 Å². The Morgan fingerprint density at radius 3 is 2.12 bits per heavy atom. The number of nitrogens with one attached hydrogen (secondary N) is 1. The maximum Gasteiger partial charge on any atom is 0.305 e. The van der Waals surface area contributed by atoms with Crippen LogP contribution in [0.2, 0.25) is 0 Å². The maximum absolute atomic E-state index is 13.6. The van der Waals surface area contributed by atoms with E-state index in [2.05, 4.69) is 10.2 Å². The number of amides is 3. The van der Waals surface area contributed by atoms with Gasteiger partial charge in [0.1, 0.15) is 17.4 Å². The molecule has 51 heavy (non-hydrogen) atoms. The van der Waals surface area contributed by atoms with E-state index in [9.17, 15) is 33.9 Å². The number of hydrogen-bond acceptors (Lipinski definition) is 12. The van der Waals surface area contributed by atoms with Crippen molar-refractivity contribution in [2.24, 2.45) is 17.2 Å². The molecule has 0 spiro atoms. The Labute approximate surface area is 298 Å². The standard InChI is InChI=1S/C35H52N8O8/c1-19-24(40-11-9-21(18-40)43-29(46)16-26(51-35(2,3)4)32(43)34(50)23(38)13-30(47)48)15-28(45)42(19)20-8-12-41(17-20)25-14-27(44)39-31(25)33(49)22(37)7-5-6-10-36/h14-16,19-23,31-32H,5-13,17-18,36-38H2,1-4H3,(H,39,44)(H,47,48)/t19?,20?,21?,22-,23-,31?,32?/m0/s1. The van der Waals surface area contributed by atoms with Gasteiger partial charge < -0.3 is 52.0 Å². The molecular weight excluding hydrogens is 660 g/mol. The lowest BCUT2D eigenvalue weighted by Crippen LogP contribution is -2.53. The maximum atomic E-state index is 13.6. The molecule has 0 aromatic heterocycles. The molecule has 280 valence electrons. The second-order valence-electron chi connectivity index (χ2n) is 15.1. The fraction of sp³-hybridized carbons (Fsp3) is 0.657. The van der Waals surface area contributed by atoms with Gasteiger partial charge in [-0.1, -0.05) is 6.42 Å². The minimum absolute atomic E-state index is 0.143. The van der Waals surface area contributed by atoms with Gasteiger partial charge in [0.2, 0.25) is 11.8 Å². The summed E-state index contributed by atoms with van der Waals surface area (Å²) in [6, 6.07) is -4.94. The molecule has 16 heteroatoms. The minimum Gasteiger partial charge on any atom is -0.490 e. The van der Waals surface area contributed by atoms with E-state index in [1.807, 2.05) is 16.7 Å². The zero-order valence-corrected chi connectivity index (χ0v) is 29.9. The van der Waals surface area contributed by atoms with E-state index in [-0.39, 0.29) is 35.4 Å². The summed E-state index contributed by atoms with van der Waals surface area (Å²) < 4.78 is 6.02. The summed E-state index contributed by atoms with van der Waals surface area (Å²) in [5, 5.41) is 12.0. The number of unbranched alkanes of at least 4 members (excludes halogenated alkanes) is 1. The van der Waals surface area contributed by atoms with Gasteiger partial charge in [-0.3, -0.25) is 28.8 Å². The molecule has 0 aromatic carbocycles. The number of nitrogens with two attached hydrogens (primary N) is 3. The molecule has 5 aliphatic heterocycles. The second kappa shape index (κ2) is 15.1. The van der Waals surface area contributed by atoms with Gasteiger partial charge in [-0.25, -0.2) is 0 Å². The summed E-state index contributed by atoms with van der Waals surface area (Å²) in [4.78, 5) is 84.8. The van der Waals surface area contributed by atoms with E-state index in [4.69, 9.17) is 21.9 Å². The highest BCUT2D eigenvalue weighted by Gasteiger charge is 2.49. The van der Waals surface area contributed by atoms with Crippen LogP contribution >= 0.6 is 0 Å². The van der Waals surface area contributed by atoms with Gasteiger partial charge in [-0.05, 0) is 59.9 Å². The zero-order chi connectivity index (χ0) is 37.4. The fourth-order valence-corrected chi connectivity index (χ4v) is 7.88. The Bertz CT molecular complexity index is 1540. The number of aliphatic carboxylic acids is 1. The van der Waals surface area contributed by atoms with Crippen molar-refractivity contribution < 1.29 is 38.6 Å². The van der Waals surface area contributed by atoms with Gasteiger partial charge in [-0.2, -0.15) is 0 Å². The van der Waals surface area contributed by atoms with Crippen molar-refractivity contribution in [2.75, 3.05) is 32.7 Å². The first-order valence-electron chi connectivity index (χ1n) is 17.8. The summed E-state index contributed by atoms with van der Waals surface area (Å²) in [7, 11) is 0. The number of carbonyl (C=O) groups is 6. The molecule has 2 fully saturated rings. The Kier molecular flexibility index (Phi) is 11.3. The average molecular weight is 713 g/mol. The topological polar surface area (TPSA) is 235 Å². The van der Waals surface area contributed by atoms with Gasteiger partial charge >= 0.3 is 5.97 Å². The first kappa shape index (κ1) is 38.0. The Balaban J connectivity index is 1.25. The van der Waals surface area contributed by atoms with Crippen molar-refractivity contribution in [3.05, 3.63) is 35.4 Å². The number of carboxylic acid groups (broad SMARTS) is 1. The molecule has 7 atom stereocenters. The molecule has 0 saturated carbocycles. The van der Waals surface area contributed by atoms with Gasteiger partial charge in [0, 0.05) is 55.8 Å². The van der Waals surface area contributed by atoms with Crippen LogP contribution in [0.1, 0.15) is 66.2 Å². The summed E-state index contributed by atoms with van der Waals surface area (Å²) in [6.45, 7) is 9.71. The molecule has 5 heterocycles. The number of nitrogens with zero attached hydrogens (tertiary/aromatic N) is 4. The van der Waals surface area contributed by atoms with Crippen LogP contribution in [0.15, 0.2) is 35.4 Å². The molecule has 5 unspecified atom stereocenters. The lowest BCUT2D eigenvalue weighted by molar-refractivity contribution is -0.141. The molecule has 5 rings (SSSR count). The van der Waals surface area contributed by atoms with Crippen LogP contribution in [0.5, 0.6) is 0 Å². The Morgan fingerprint density at radius 2 is 1.51 bits per heavy atom. The lowest BCUT2D eigenvalue weighted by Gasteiger charge is -2.35. The number of hydrogen-bond donors (Lipinski definition) is 5. The SMILES string of the molecule is CC1C(N2CCC(N3C(=O)C=C(OC(C)(C)C)C3C(=O)[C@@H](N)CC(=O)O)C2)=CC(=O)N1C1CCN(C2=CC(=O)NC2C(=O)[C@@H](N)CCCCN)C1. The summed E-state index contributed by atoms with van der Waals surface area (Å²) >= 11 is 0.